The third-order valence-corrected chi connectivity index (χ3v) is 1.75. The van der Waals surface area contributed by atoms with Crippen LogP contribution in [0, 0.1) is 6.07 Å². The predicted molar refractivity (Wildman–Crippen MR) is 48.0 cm³/mol. The summed E-state index contributed by atoms with van der Waals surface area (Å²) in [6.07, 6.45) is -0.0349. The molecule has 0 fully saturated rings. The van der Waals surface area contributed by atoms with Crippen molar-refractivity contribution in [3.05, 3.63) is 35.4 Å². The van der Waals surface area contributed by atoms with Crippen molar-refractivity contribution in [2.45, 2.75) is 6.42 Å². The monoisotopic (exact) mass is 377 g/mol. The fourth-order valence-electron chi connectivity index (χ4n) is 1.04. The number of carbonyl (C=O) groups is 2. The van der Waals surface area contributed by atoms with Gasteiger partial charge in [-0.1, -0.05) is 0 Å². The topological polar surface area (TPSA) is 63.6 Å². The van der Waals surface area contributed by atoms with Gasteiger partial charge < -0.3 is 9.84 Å². The van der Waals surface area contributed by atoms with Crippen molar-refractivity contribution in [1.82, 2.24) is 0 Å². The summed E-state index contributed by atoms with van der Waals surface area (Å²) in [5.41, 5.74) is 0.515. The fourth-order valence-corrected chi connectivity index (χ4v) is 1.04. The minimum atomic E-state index is -1.07. The van der Waals surface area contributed by atoms with Crippen molar-refractivity contribution in [3.8, 4) is 0 Å². The van der Waals surface area contributed by atoms with Crippen LogP contribution in [0.3, 0.4) is 0 Å². The average molecular weight is 377 g/mol. The van der Waals surface area contributed by atoms with Gasteiger partial charge in [0.05, 0.1) is 7.11 Å². The molecule has 1 N–H and O–H groups in total. The first kappa shape index (κ1) is 13.8. The van der Waals surface area contributed by atoms with Crippen LogP contribution in [0.15, 0.2) is 18.2 Å². The van der Waals surface area contributed by atoms with Crippen molar-refractivity contribution in [3.63, 3.8) is 0 Å². The van der Waals surface area contributed by atoms with Gasteiger partial charge in [0.15, 0.2) is 0 Å². The molecule has 0 atom stereocenters. The molecule has 0 bridgehead atoms. The number of rotatable bonds is 3. The number of aromatic carboxylic acids is 1. The molecule has 0 heterocycles. The Hall–Kier alpha value is -1.15. The smallest absolute Gasteiger partial charge is 0.307 e. The maximum Gasteiger partial charge on any atom is 0.307 e. The molecule has 0 aliphatic carbocycles. The van der Waals surface area contributed by atoms with Gasteiger partial charge >= 0.3 is 5.97 Å². The van der Waals surface area contributed by atoms with Gasteiger partial charge in [0.2, 0.25) is 0 Å². The molecule has 0 aliphatic heterocycles. The molecule has 1 rings (SSSR count). The molecule has 0 aliphatic rings. The first-order chi connectivity index (χ1) is 6.65. The Kier molecular flexibility index (Phi) is 5.87. The third-order valence-electron chi connectivity index (χ3n) is 1.75. The molecule has 0 spiro atoms. The Morgan fingerprint density at radius 3 is 2.73 bits per heavy atom. The Morgan fingerprint density at radius 1 is 1.53 bits per heavy atom. The van der Waals surface area contributed by atoms with Crippen molar-refractivity contribution in [2.75, 3.05) is 7.11 Å². The van der Waals surface area contributed by atoms with E-state index in [9.17, 15) is 9.59 Å². The number of carboxylic acid groups (broad SMARTS) is 1. The largest absolute Gasteiger partial charge is 0.487 e. The minimum Gasteiger partial charge on any atom is -0.487 e. The number of carboxylic acids is 1. The first-order valence-corrected chi connectivity index (χ1v) is 3.94. The van der Waals surface area contributed by atoms with Crippen LogP contribution >= 0.6 is 0 Å². The molecule has 4 nitrogen and oxygen atoms in total. The van der Waals surface area contributed by atoms with Gasteiger partial charge in [-0.25, -0.2) is 0 Å². The maximum atomic E-state index is 10.9. The molecule has 0 unspecified atom stereocenters. The van der Waals surface area contributed by atoms with E-state index in [0.29, 0.717) is 5.56 Å². The Balaban J connectivity index is 0.00000196. The molecule has 0 saturated heterocycles. The van der Waals surface area contributed by atoms with Gasteiger partial charge in [0, 0.05) is 27.5 Å². The van der Waals surface area contributed by atoms with Gasteiger partial charge in [0.1, 0.15) is 0 Å². The van der Waals surface area contributed by atoms with E-state index in [1.54, 1.807) is 12.1 Å². The number of ether oxygens (including phenoxy) is 1. The standard InChI is InChI=1S/C10H9O4.W/c1-14-9(11)6-7-4-2-3-5-8(7)10(12)13;/h2,4-5H,6H2,1H3,(H,12,13);/q-1;. The number of esters is 1. The van der Waals surface area contributed by atoms with Gasteiger partial charge in [-0.15, -0.1) is 5.56 Å². The van der Waals surface area contributed by atoms with Crippen LogP contribution in [0.1, 0.15) is 15.9 Å². The van der Waals surface area contributed by atoms with E-state index in [-0.39, 0.29) is 33.0 Å². The first-order valence-electron chi connectivity index (χ1n) is 3.94. The van der Waals surface area contributed by atoms with E-state index >= 15 is 0 Å². The van der Waals surface area contributed by atoms with E-state index in [1.807, 2.05) is 0 Å². The Bertz CT molecular complexity index is 362. The van der Waals surface area contributed by atoms with E-state index < -0.39 is 11.9 Å². The summed E-state index contributed by atoms with van der Waals surface area (Å²) < 4.78 is 4.45. The molecule has 0 aromatic heterocycles. The summed E-state index contributed by atoms with van der Waals surface area (Å²) in [6, 6.07) is 7.08. The second-order valence-corrected chi connectivity index (χ2v) is 2.64. The van der Waals surface area contributed by atoms with Crippen LogP contribution in [0.25, 0.3) is 0 Å². The van der Waals surface area contributed by atoms with E-state index in [1.165, 1.54) is 13.2 Å². The van der Waals surface area contributed by atoms with E-state index in [4.69, 9.17) is 5.11 Å². The van der Waals surface area contributed by atoms with Crippen LogP contribution in [-0.4, -0.2) is 24.2 Å². The minimum absolute atomic E-state index is 0. The Labute approximate surface area is 102 Å². The summed E-state index contributed by atoms with van der Waals surface area (Å²) in [5, 5.41) is 8.78. The molecular formula is C10H9O4W-. The second-order valence-electron chi connectivity index (χ2n) is 2.64. The average Bonchev–Trinajstić information content (AvgIpc) is 2.18. The zero-order chi connectivity index (χ0) is 10.6. The summed E-state index contributed by atoms with van der Waals surface area (Å²) in [4.78, 5) is 21.7. The maximum absolute atomic E-state index is 10.9. The zero-order valence-electron chi connectivity index (χ0n) is 8.02. The second kappa shape index (κ2) is 6.35. The van der Waals surface area contributed by atoms with Crippen molar-refractivity contribution in [2.24, 2.45) is 0 Å². The molecule has 80 valence electrons. The number of benzene rings is 1. The molecule has 0 radical (unpaired) electrons. The van der Waals surface area contributed by atoms with Gasteiger partial charge in [-0.2, -0.15) is 24.3 Å². The van der Waals surface area contributed by atoms with Crippen LogP contribution in [-0.2, 0) is 37.0 Å². The summed E-state index contributed by atoms with van der Waals surface area (Å²) in [6.45, 7) is 0. The molecule has 0 saturated carbocycles. The summed E-state index contributed by atoms with van der Waals surface area (Å²) >= 11 is 0. The van der Waals surface area contributed by atoms with E-state index in [2.05, 4.69) is 10.8 Å². The molecule has 1 aromatic carbocycles. The molecule has 5 heteroatoms. The van der Waals surface area contributed by atoms with Crippen LogP contribution in [0.4, 0.5) is 0 Å². The molecular weight excluding hydrogens is 368 g/mol. The quantitative estimate of drug-likeness (QED) is 0.628. The third kappa shape index (κ3) is 3.84. The van der Waals surface area contributed by atoms with Gasteiger partial charge in [0.25, 0.3) is 5.97 Å². The van der Waals surface area contributed by atoms with Crippen molar-refractivity contribution in [1.29, 1.82) is 0 Å². The number of methoxy groups -OCH3 is 1. The van der Waals surface area contributed by atoms with E-state index in [0.717, 1.165) is 0 Å². The van der Waals surface area contributed by atoms with Crippen LogP contribution in [0.2, 0.25) is 0 Å². The molecule has 0 amide bonds. The number of carbonyl (C=O) groups excluding carboxylic acids is 1. The predicted octanol–water partition coefficient (Wildman–Crippen LogP) is 0.898. The SMILES string of the molecule is COC(=O)Cc1cc[c-]cc1C(=O)O.[W]. The zero-order valence-corrected chi connectivity index (χ0v) is 11.0. The van der Waals surface area contributed by atoms with Crippen molar-refractivity contribution < 1.29 is 40.5 Å². The van der Waals surface area contributed by atoms with Gasteiger partial charge in [-0.05, 0) is 5.56 Å². The van der Waals surface area contributed by atoms with Crippen molar-refractivity contribution >= 4 is 11.9 Å². The fraction of sp³-hybridized carbons (Fsp3) is 0.200. The number of hydrogen-bond acceptors (Lipinski definition) is 3. The molecule has 1 aromatic rings. The normalized spacial score (nSPS) is 8.87. The molecule has 15 heavy (non-hydrogen) atoms. The number of hydrogen-bond donors (Lipinski definition) is 1. The van der Waals surface area contributed by atoms with Gasteiger partial charge in [-0.3, -0.25) is 9.59 Å². The van der Waals surface area contributed by atoms with Crippen LogP contribution in [0.5, 0.6) is 0 Å². The Morgan fingerprint density at radius 2 is 2.20 bits per heavy atom. The van der Waals surface area contributed by atoms with Crippen LogP contribution < -0.4 is 0 Å². The summed E-state index contributed by atoms with van der Waals surface area (Å²) in [7, 11) is 1.26. The summed E-state index contributed by atoms with van der Waals surface area (Å²) in [5.74, 6) is -1.53.